The topological polar surface area (TPSA) is 106 Å². The van der Waals surface area contributed by atoms with Gasteiger partial charge in [0.25, 0.3) is 0 Å². The summed E-state index contributed by atoms with van der Waals surface area (Å²) in [4.78, 5) is 30.4. The second-order valence-corrected chi connectivity index (χ2v) is 15.9. The second-order valence-electron chi connectivity index (χ2n) is 15.9. The minimum atomic E-state index is 0.725. The Balaban J connectivity index is 1.04. The number of imidazole rings is 2. The second kappa shape index (κ2) is 15.2. The van der Waals surface area contributed by atoms with Crippen LogP contribution in [0.1, 0.15) is 0 Å². The molecule has 0 atom stereocenters. The SMILES string of the molecule is c1ccc(Oc2ccc(-n3c(-c4cccc(-c5nc6c7cccnc7c7ncccc7c6n5-c5ccc(Oc6ccccc6)cc5)c4)nc4c5cccnc5c5ncccc5c43)cc2)cc1. The molecule has 0 saturated carbocycles. The van der Waals surface area contributed by atoms with E-state index in [9.17, 15) is 0 Å². The van der Waals surface area contributed by atoms with Crippen LogP contribution in [0.3, 0.4) is 0 Å². The molecule has 0 N–H and O–H groups in total. The first-order chi connectivity index (χ1) is 32.7. The predicted octanol–water partition coefficient (Wildman–Crippen LogP) is 13.5. The van der Waals surface area contributed by atoms with E-state index in [0.717, 1.165) is 123 Å². The molecule has 0 amide bonds. The quantitative estimate of drug-likeness (QED) is 0.139. The molecule has 10 nitrogen and oxygen atoms in total. The van der Waals surface area contributed by atoms with E-state index in [2.05, 4.69) is 81.9 Å². The van der Waals surface area contributed by atoms with Crippen molar-refractivity contribution in [3.05, 3.63) is 207 Å². The maximum Gasteiger partial charge on any atom is 0.145 e. The molecule has 7 aromatic carbocycles. The van der Waals surface area contributed by atoms with E-state index in [1.54, 1.807) is 0 Å². The Labute approximate surface area is 376 Å². The number of hydrogen-bond donors (Lipinski definition) is 0. The third-order valence-electron chi connectivity index (χ3n) is 12.0. The van der Waals surface area contributed by atoms with E-state index in [1.807, 2.05) is 134 Å². The molecule has 6 aromatic heterocycles. The summed E-state index contributed by atoms with van der Waals surface area (Å²) in [5.41, 5.74) is 10.3. The molecular weight excluding hydrogens is 817 g/mol. The molecule has 310 valence electrons. The number of rotatable bonds is 8. The normalized spacial score (nSPS) is 11.6. The van der Waals surface area contributed by atoms with Crippen LogP contribution in [-0.4, -0.2) is 39.0 Å². The molecule has 0 spiro atoms. The highest BCUT2D eigenvalue weighted by molar-refractivity contribution is 6.23. The zero-order valence-corrected chi connectivity index (χ0v) is 35.0. The van der Waals surface area contributed by atoms with Gasteiger partial charge in [-0.3, -0.25) is 29.1 Å². The van der Waals surface area contributed by atoms with Gasteiger partial charge < -0.3 is 9.47 Å². The van der Waals surface area contributed by atoms with Gasteiger partial charge in [0.1, 0.15) is 34.6 Å². The number of pyridine rings is 4. The first kappa shape index (κ1) is 37.3. The van der Waals surface area contributed by atoms with Gasteiger partial charge in [-0.25, -0.2) is 9.97 Å². The lowest BCUT2D eigenvalue weighted by Crippen LogP contribution is -2.00. The minimum Gasteiger partial charge on any atom is -0.457 e. The van der Waals surface area contributed by atoms with Gasteiger partial charge >= 0.3 is 0 Å². The summed E-state index contributed by atoms with van der Waals surface area (Å²) >= 11 is 0. The van der Waals surface area contributed by atoms with Gasteiger partial charge in [0.2, 0.25) is 0 Å². The number of aromatic nitrogens is 8. The van der Waals surface area contributed by atoms with Crippen LogP contribution >= 0.6 is 0 Å². The van der Waals surface area contributed by atoms with Gasteiger partial charge in [0.15, 0.2) is 0 Å². The third kappa shape index (κ3) is 6.11. The molecule has 0 aliphatic rings. The summed E-state index contributed by atoms with van der Waals surface area (Å²) in [5.74, 6) is 4.48. The molecule has 0 fully saturated rings. The lowest BCUT2D eigenvalue weighted by Gasteiger charge is -2.14. The zero-order chi connectivity index (χ0) is 43.6. The molecule has 10 heteroatoms. The Morgan fingerprint density at radius 3 is 1.08 bits per heavy atom. The van der Waals surface area contributed by atoms with Crippen LogP contribution in [0.15, 0.2) is 207 Å². The fraction of sp³-hybridized carbons (Fsp3) is 0. The summed E-state index contributed by atoms with van der Waals surface area (Å²) in [6, 6.07) is 60.5. The van der Waals surface area contributed by atoms with Crippen LogP contribution in [0.4, 0.5) is 0 Å². The van der Waals surface area contributed by atoms with E-state index < -0.39 is 0 Å². The molecule has 0 radical (unpaired) electrons. The van der Waals surface area contributed by atoms with Crippen molar-refractivity contribution in [2.45, 2.75) is 0 Å². The van der Waals surface area contributed by atoms with E-state index in [-0.39, 0.29) is 0 Å². The minimum absolute atomic E-state index is 0.725. The van der Waals surface area contributed by atoms with Crippen molar-refractivity contribution in [1.29, 1.82) is 0 Å². The molecule has 13 aromatic rings. The smallest absolute Gasteiger partial charge is 0.145 e. The molecule has 0 unspecified atom stereocenters. The van der Waals surface area contributed by atoms with Crippen LogP contribution in [-0.2, 0) is 0 Å². The number of ether oxygens (including phenoxy) is 2. The van der Waals surface area contributed by atoms with Crippen molar-refractivity contribution >= 4 is 65.7 Å². The molecular formula is C56H34N8O2. The van der Waals surface area contributed by atoms with Crippen LogP contribution in [0.2, 0.25) is 0 Å². The number of para-hydroxylation sites is 2. The molecule has 0 saturated heterocycles. The summed E-state index contributed by atoms with van der Waals surface area (Å²) in [6.45, 7) is 0. The van der Waals surface area contributed by atoms with Crippen molar-refractivity contribution in [3.63, 3.8) is 0 Å². The summed E-state index contributed by atoms with van der Waals surface area (Å²) in [5, 5.41) is 3.73. The number of nitrogens with zero attached hydrogens (tertiary/aromatic N) is 8. The summed E-state index contributed by atoms with van der Waals surface area (Å²) in [7, 11) is 0. The predicted molar refractivity (Wildman–Crippen MR) is 261 cm³/mol. The molecule has 0 aliphatic carbocycles. The zero-order valence-electron chi connectivity index (χ0n) is 35.0. The molecule has 0 aliphatic heterocycles. The van der Waals surface area contributed by atoms with Gasteiger partial charge in [-0.05, 0) is 127 Å². The van der Waals surface area contributed by atoms with Crippen molar-refractivity contribution in [2.24, 2.45) is 0 Å². The van der Waals surface area contributed by atoms with E-state index in [4.69, 9.17) is 39.4 Å². The van der Waals surface area contributed by atoms with Gasteiger partial charge in [0, 0.05) is 68.8 Å². The summed E-state index contributed by atoms with van der Waals surface area (Å²) < 4.78 is 16.9. The maximum absolute atomic E-state index is 6.24. The Kier molecular flexibility index (Phi) is 8.60. The number of fused-ring (bicyclic) bond motifs is 12. The van der Waals surface area contributed by atoms with Gasteiger partial charge in [-0.15, -0.1) is 0 Å². The van der Waals surface area contributed by atoms with E-state index >= 15 is 0 Å². The van der Waals surface area contributed by atoms with E-state index in [1.165, 1.54) is 0 Å². The average Bonchev–Trinajstić information content (AvgIpc) is 3.99. The van der Waals surface area contributed by atoms with Crippen LogP contribution in [0, 0.1) is 0 Å². The average molecular weight is 851 g/mol. The Hall–Kier alpha value is -9.28. The van der Waals surface area contributed by atoms with E-state index in [0.29, 0.717) is 0 Å². The van der Waals surface area contributed by atoms with Crippen molar-refractivity contribution < 1.29 is 9.47 Å². The Bertz CT molecular complexity index is 3730. The van der Waals surface area contributed by atoms with Gasteiger partial charge in [-0.1, -0.05) is 54.6 Å². The number of benzene rings is 7. The lowest BCUT2D eigenvalue weighted by molar-refractivity contribution is 0.482. The highest BCUT2D eigenvalue weighted by Crippen LogP contribution is 2.42. The van der Waals surface area contributed by atoms with Crippen LogP contribution in [0.5, 0.6) is 23.0 Å². The fourth-order valence-corrected chi connectivity index (χ4v) is 9.12. The fourth-order valence-electron chi connectivity index (χ4n) is 9.12. The maximum atomic E-state index is 6.24. The van der Waals surface area contributed by atoms with Crippen molar-refractivity contribution in [2.75, 3.05) is 0 Å². The lowest BCUT2D eigenvalue weighted by atomic mass is 10.1. The third-order valence-corrected chi connectivity index (χ3v) is 12.0. The standard InChI is InChI=1S/C56H34N8O2/c1-3-14-39(15-4-1)65-41-26-22-37(23-27-41)63-53-45-20-10-32-59-49(45)47-43(18-8-30-57-47)51(53)61-55(63)35-12-7-13-36(34-35)56-62-52-44-19-9-31-58-48(44)50-46(21-11-33-60-50)54(52)64(56)38-24-28-42(29-25-38)66-40-16-5-2-6-17-40/h1-34H. The molecule has 6 heterocycles. The Morgan fingerprint density at radius 1 is 0.303 bits per heavy atom. The van der Waals surface area contributed by atoms with Crippen molar-refractivity contribution in [1.82, 2.24) is 39.0 Å². The van der Waals surface area contributed by atoms with Crippen molar-refractivity contribution in [3.8, 4) is 57.1 Å². The van der Waals surface area contributed by atoms with Gasteiger partial charge in [-0.2, -0.15) is 0 Å². The van der Waals surface area contributed by atoms with Gasteiger partial charge in [0.05, 0.1) is 44.1 Å². The van der Waals surface area contributed by atoms with Crippen LogP contribution in [0.25, 0.3) is 99.8 Å². The molecule has 0 bridgehead atoms. The largest absolute Gasteiger partial charge is 0.457 e. The summed E-state index contributed by atoms with van der Waals surface area (Å²) in [6.07, 6.45) is 7.25. The highest BCUT2D eigenvalue weighted by Gasteiger charge is 2.24. The Morgan fingerprint density at radius 2 is 0.667 bits per heavy atom. The molecule has 13 rings (SSSR count). The highest BCUT2D eigenvalue weighted by atomic mass is 16.5. The van der Waals surface area contributed by atoms with Crippen LogP contribution < -0.4 is 9.47 Å². The molecule has 66 heavy (non-hydrogen) atoms. The first-order valence-corrected chi connectivity index (χ1v) is 21.6. The monoisotopic (exact) mass is 850 g/mol. The first-order valence-electron chi connectivity index (χ1n) is 21.6. The number of hydrogen-bond acceptors (Lipinski definition) is 8.